The Labute approximate surface area is 162 Å². The number of amides is 1. The molecule has 0 saturated heterocycles. The quantitative estimate of drug-likeness (QED) is 0.561. The summed E-state index contributed by atoms with van der Waals surface area (Å²) >= 11 is 1.53. The van der Waals surface area contributed by atoms with Crippen LogP contribution in [0.2, 0.25) is 0 Å². The highest BCUT2D eigenvalue weighted by Crippen LogP contribution is 2.42. The number of methoxy groups -OCH3 is 1. The lowest BCUT2D eigenvalue weighted by Crippen LogP contribution is -2.31. The largest absolute Gasteiger partial charge is 0.488 e. The van der Waals surface area contributed by atoms with Gasteiger partial charge in [0, 0.05) is 36.3 Å². The van der Waals surface area contributed by atoms with E-state index < -0.39 is 0 Å². The fourth-order valence-corrected chi connectivity index (χ4v) is 4.37. The van der Waals surface area contributed by atoms with Crippen LogP contribution in [-0.4, -0.2) is 31.1 Å². The van der Waals surface area contributed by atoms with Gasteiger partial charge in [0.05, 0.1) is 17.7 Å². The van der Waals surface area contributed by atoms with Gasteiger partial charge in [-0.2, -0.15) is 0 Å². The number of hydrogen-bond donors (Lipinski definition) is 0. The van der Waals surface area contributed by atoms with E-state index in [1.54, 1.807) is 13.4 Å². The molecule has 0 aliphatic carbocycles. The van der Waals surface area contributed by atoms with Crippen molar-refractivity contribution in [1.82, 2.24) is 4.90 Å². The van der Waals surface area contributed by atoms with Crippen molar-refractivity contribution in [3.8, 4) is 16.2 Å². The van der Waals surface area contributed by atoms with Crippen LogP contribution >= 0.6 is 11.3 Å². The van der Waals surface area contributed by atoms with Crippen LogP contribution in [0.4, 0.5) is 0 Å². The minimum Gasteiger partial charge on any atom is -0.488 e. The molecule has 140 valence electrons. The van der Waals surface area contributed by atoms with Crippen LogP contribution in [0.1, 0.15) is 27.4 Å². The van der Waals surface area contributed by atoms with Gasteiger partial charge in [-0.15, -0.1) is 11.3 Å². The number of rotatable bonds is 7. The highest BCUT2D eigenvalue weighted by Gasteiger charge is 2.25. The predicted octanol–water partition coefficient (Wildman–Crippen LogP) is 4.58. The molecule has 0 unspecified atom stereocenters. The highest BCUT2D eigenvalue weighted by atomic mass is 32.1. The first kappa shape index (κ1) is 17.8. The predicted molar refractivity (Wildman–Crippen MR) is 104 cm³/mol. The fourth-order valence-electron chi connectivity index (χ4n) is 3.20. The van der Waals surface area contributed by atoms with E-state index in [1.165, 1.54) is 11.3 Å². The fraction of sp³-hybridized carbons (Fsp3) is 0.286. The van der Waals surface area contributed by atoms with Gasteiger partial charge < -0.3 is 18.8 Å². The Kier molecular flexibility index (Phi) is 5.27. The standard InChI is InChI=1S/C21H21NO4S/c1-24-10-5-9-22(13-16-6-4-11-25-16)21(23)19-12-15-14-26-18-8-3-2-7-17(18)20(15)27-19/h2-4,6-8,11-12H,5,9-10,13-14H2,1H3. The Morgan fingerprint density at radius 1 is 1.26 bits per heavy atom. The summed E-state index contributed by atoms with van der Waals surface area (Å²) in [6.45, 7) is 2.18. The maximum Gasteiger partial charge on any atom is 0.264 e. The van der Waals surface area contributed by atoms with Gasteiger partial charge in [-0.05, 0) is 36.8 Å². The van der Waals surface area contributed by atoms with Gasteiger partial charge in [0.1, 0.15) is 18.1 Å². The van der Waals surface area contributed by atoms with Gasteiger partial charge >= 0.3 is 0 Å². The van der Waals surface area contributed by atoms with E-state index in [9.17, 15) is 4.79 Å². The molecule has 1 aliphatic heterocycles. The van der Waals surface area contributed by atoms with Crippen molar-refractivity contribution in [2.45, 2.75) is 19.6 Å². The molecule has 27 heavy (non-hydrogen) atoms. The maximum absolute atomic E-state index is 13.2. The zero-order valence-corrected chi connectivity index (χ0v) is 16.0. The molecule has 3 heterocycles. The minimum atomic E-state index is 0.0133. The number of thiophene rings is 1. The number of benzene rings is 1. The molecule has 0 N–H and O–H groups in total. The third kappa shape index (κ3) is 3.77. The number of hydrogen-bond acceptors (Lipinski definition) is 5. The van der Waals surface area contributed by atoms with Gasteiger partial charge in [-0.1, -0.05) is 12.1 Å². The third-order valence-electron chi connectivity index (χ3n) is 4.53. The molecular weight excluding hydrogens is 362 g/mol. The summed E-state index contributed by atoms with van der Waals surface area (Å²) in [4.78, 5) is 16.9. The summed E-state index contributed by atoms with van der Waals surface area (Å²) in [5, 5.41) is 0. The van der Waals surface area contributed by atoms with Crippen LogP contribution in [0.25, 0.3) is 10.4 Å². The van der Waals surface area contributed by atoms with Crippen molar-refractivity contribution in [2.24, 2.45) is 0 Å². The molecule has 3 aromatic rings. The number of para-hydroxylation sites is 1. The van der Waals surface area contributed by atoms with Gasteiger partial charge in [-0.3, -0.25) is 4.79 Å². The van der Waals surface area contributed by atoms with Crippen molar-refractivity contribution in [1.29, 1.82) is 0 Å². The van der Waals surface area contributed by atoms with Gasteiger partial charge in [-0.25, -0.2) is 0 Å². The van der Waals surface area contributed by atoms with Crippen LogP contribution < -0.4 is 4.74 Å². The highest BCUT2D eigenvalue weighted by molar-refractivity contribution is 7.17. The topological polar surface area (TPSA) is 51.9 Å². The molecular formula is C21H21NO4S. The molecule has 2 aromatic heterocycles. The molecule has 0 saturated carbocycles. The van der Waals surface area contributed by atoms with Crippen LogP contribution in [0.5, 0.6) is 5.75 Å². The summed E-state index contributed by atoms with van der Waals surface area (Å²) in [5.74, 6) is 1.66. The number of fused-ring (bicyclic) bond motifs is 3. The number of nitrogens with zero attached hydrogens (tertiary/aromatic N) is 1. The van der Waals surface area contributed by atoms with Crippen LogP contribution in [0, 0.1) is 0 Å². The molecule has 4 rings (SSSR count). The van der Waals surface area contributed by atoms with Crippen molar-refractivity contribution >= 4 is 17.2 Å². The Hall–Kier alpha value is -2.57. The lowest BCUT2D eigenvalue weighted by atomic mass is 10.1. The Balaban J connectivity index is 1.59. The van der Waals surface area contributed by atoms with Gasteiger partial charge in [0.2, 0.25) is 0 Å². The van der Waals surface area contributed by atoms with Crippen LogP contribution in [0.15, 0.2) is 53.1 Å². The molecule has 0 fully saturated rings. The zero-order chi connectivity index (χ0) is 18.6. The van der Waals surface area contributed by atoms with Crippen LogP contribution in [-0.2, 0) is 17.9 Å². The van der Waals surface area contributed by atoms with Crippen molar-refractivity contribution in [3.05, 3.63) is 64.9 Å². The molecule has 6 heteroatoms. The van der Waals surface area contributed by atoms with E-state index in [4.69, 9.17) is 13.9 Å². The summed E-state index contributed by atoms with van der Waals surface area (Å²) in [5.41, 5.74) is 2.12. The van der Waals surface area contributed by atoms with E-state index in [2.05, 4.69) is 0 Å². The third-order valence-corrected chi connectivity index (χ3v) is 5.72. The number of ether oxygens (including phenoxy) is 2. The zero-order valence-electron chi connectivity index (χ0n) is 15.1. The minimum absolute atomic E-state index is 0.0133. The second kappa shape index (κ2) is 7.98. The molecule has 0 radical (unpaired) electrons. The van der Waals surface area contributed by atoms with E-state index in [0.29, 0.717) is 26.3 Å². The lowest BCUT2D eigenvalue weighted by Gasteiger charge is -2.20. The number of carbonyl (C=O) groups is 1. The monoisotopic (exact) mass is 383 g/mol. The first-order chi connectivity index (χ1) is 13.3. The second-order valence-corrected chi connectivity index (χ2v) is 7.45. The van der Waals surface area contributed by atoms with Crippen molar-refractivity contribution in [3.63, 3.8) is 0 Å². The molecule has 0 bridgehead atoms. The van der Waals surface area contributed by atoms with E-state index in [0.717, 1.165) is 38.8 Å². The smallest absolute Gasteiger partial charge is 0.264 e. The Morgan fingerprint density at radius 2 is 2.15 bits per heavy atom. The van der Waals surface area contributed by atoms with Crippen LogP contribution in [0.3, 0.4) is 0 Å². The average molecular weight is 383 g/mol. The summed E-state index contributed by atoms with van der Waals surface area (Å²) < 4.78 is 16.4. The second-order valence-electron chi connectivity index (χ2n) is 6.40. The number of furan rings is 1. The first-order valence-electron chi connectivity index (χ1n) is 8.92. The van der Waals surface area contributed by atoms with E-state index >= 15 is 0 Å². The van der Waals surface area contributed by atoms with E-state index in [-0.39, 0.29) is 5.91 Å². The SMILES string of the molecule is COCCCN(Cc1ccco1)C(=O)c1cc2c(s1)-c1ccccc1OC2. The molecule has 0 atom stereocenters. The molecule has 1 aromatic carbocycles. The average Bonchev–Trinajstić information content (AvgIpc) is 3.36. The summed E-state index contributed by atoms with van der Waals surface area (Å²) in [6.07, 6.45) is 2.41. The van der Waals surface area contributed by atoms with Gasteiger partial charge in [0.15, 0.2) is 0 Å². The maximum atomic E-state index is 13.2. The summed E-state index contributed by atoms with van der Waals surface area (Å²) in [7, 11) is 1.67. The molecule has 5 nitrogen and oxygen atoms in total. The van der Waals surface area contributed by atoms with Crippen molar-refractivity contribution < 1.29 is 18.7 Å². The number of carbonyl (C=O) groups excluding carboxylic acids is 1. The molecule has 1 aliphatic rings. The van der Waals surface area contributed by atoms with E-state index in [1.807, 2.05) is 47.4 Å². The van der Waals surface area contributed by atoms with Gasteiger partial charge in [0.25, 0.3) is 5.91 Å². The van der Waals surface area contributed by atoms with Crippen molar-refractivity contribution in [2.75, 3.05) is 20.3 Å². The Bertz CT molecular complexity index is 916. The molecule has 0 spiro atoms. The first-order valence-corrected chi connectivity index (χ1v) is 9.73. The normalized spacial score (nSPS) is 12.2. The summed E-state index contributed by atoms with van der Waals surface area (Å²) in [6, 6.07) is 13.6. The Morgan fingerprint density at radius 3 is 2.96 bits per heavy atom. The lowest BCUT2D eigenvalue weighted by molar-refractivity contribution is 0.0716. The molecule has 1 amide bonds.